The van der Waals surface area contributed by atoms with Crippen LogP contribution in [0.25, 0.3) is 5.69 Å². The number of aromatic hydroxyl groups is 1. The summed E-state index contributed by atoms with van der Waals surface area (Å²) in [6.07, 6.45) is 2.09. The highest BCUT2D eigenvalue weighted by molar-refractivity contribution is 7.99. The molecule has 1 atom stereocenters. The van der Waals surface area contributed by atoms with Crippen molar-refractivity contribution in [2.45, 2.75) is 30.2 Å². The third kappa shape index (κ3) is 4.10. The predicted octanol–water partition coefficient (Wildman–Crippen LogP) is 3.48. The molecule has 0 saturated carbocycles. The van der Waals surface area contributed by atoms with E-state index in [1.54, 1.807) is 40.7 Å². The summed E-state index contributed by atoms with van der Waals surface area (Å²) >= 11 is 1.66. The number of phenolic OH excluding ortho intramolecular Hbond substituents is 1. The molecule has 0 aliphatic carbocycles. The molecular weight excluding hydrogens is 308 g/mol. The van der Waals surface area contributed by atoms with Gasteiger partial charge in [-0.25, -0.2) is 0 Å². The lowest BCUT2D eigenvalue weighted by atomic mass is 10.1. The van der Waals surface area contributed by atoms with Crippen LogP contribution in [-0.2, 0) is 6.42 Å². The van der Waals surface area contributed by atoms with E-state index >= 15 is 0 Å². The van der Waals surface area contributed by atoms with Crippen molar-refractivity contribution < 1.29 is 5.11 Å². The highest BCUT2D eigenvalue weighted by Gasteiger charge is 2.13. The van der Waals surface area contributed by atoms with Gasteiger partial charge >= 0.3 is 0 Å². The van der Waals surface area contributed by atoms with Crippen LogP contribution in [0.15, 0.2) is 59.8 Å². The Morgan fingerprint density at radius 2 is 1.83 bits per heavy atom. The van der Waals surface area contributed by atoms with E-state index in [1.807, 2.05) is 6.07 Å². The average molecular weight is 326 g/mol. The molecule has 0 spiro atoms. The topological polar surface area (TPSA) is 63.8 Å². The van der Waals surface area contributed by atoms with Crippen molar-refractivity contribution >= 4 is 11.8 Å². The zero-order valence-corrected chi connectivity index (χ0v) is 13.6. The molecule has 1 aromatic heterocycles. The van der Waals surface area contributed by atoms with E-state index < -0.39 is 0 Å². The van der Waals surface area contributed by atoms with Gasteiger partial charge in [0.05, 0.1) is 5.69 Å². The molecule has 6 heteroatoms. The predicted molar refractivity (Wildman–Crippen MR) is 90.9 cm³/mol. The lowest BCUT2D eigenvalue weighted by Crippen LogP contribution is -2.04. The van der Waals surface area contributed by atoms with E-state index in [0.717, 1.165) is 23.7 Å². The smallest absolute Gasteiger partial charge is 0.214 e. The third-order valence-electron chi connectivity index (χ3n) is 3.52. The standard InChI is InChI=1S/C17H18N4OS/c1-13(7-8-14-5-3-2-4-6-14)23-17-18-19-20-21(17)15-9-11-16(22)12-10-15/h2-6,9-13,22H,7-8H2,1H3. The van der Waals surface area contributed by atoms with E-state index in [0.29, 0.717) is 5.25 Å². The van der Waals surface area contributed by atoms with Gasteiger partial charge in [0.2, 0.25) is 5.16 Å². The minimum Gasteiger partial charge on any atom is -0.508 e. The Morgan fingerprint density at radius 1 is 1.09 bits per heavy atom. The van der Waals surface area contributed by atoms with Gasteiger partial charge in [-0.15, -0.1) is 5.10 Å². The summed E-state index contributed by atoms with van der Waals surface area (Å²) in [5, 5.41) is 22.5. The van der Waals surface area contributed by atoms with Crippen molar-refractivity contribution in [2.24, 2.45) is 0 Å². The van der Waals surface area contributed by atoms with Crippen molar-refractivity contribution in [3.05, 3.63) is 60.2 Å². The number of rotatable bonds is 6. The molecule has 3 aromatic rings. The molecule has 0 aliphatic heterocycles. The van der Waals surface area contributed by atoms with Gasteiger partial charge in [-0.3, -0.25) is 0 Å². The fraction of sp³-hybridized carbons (Fsp3) is 0.235. The van der Waals surface area contributed by atoms with Gasteiger partial charge in [0.1, 0.15) is 5.75 Å². The van der Waals surface area contributed by atoms with Crippen LogP contribution in [0.3, 0.4) is 0 Å². The summed E-state index contributed by atoms with van der Waals surface area (Å²) < 4.78 is 1.70. The number of phenols is 1. The van der Waals surface area contributed by atoms with Crippen molar-refractivity contribution in [3.63, 3.8) is 0 Å². The molecule has 0 bridgehead atoms. The fourth-order valence-electron chi connectivity index (χ4n) is 2.26. The SMILES string of the molecule is CC(CCc1ccccc1)Sc1nnnn1-c1ccc(O)cc1. The molecule has 1 unspecified atom stereocenters. The quantitative estimate of drug-likeness (QED) is 0.703. The Balaban J connectivity index is 1.64. The number of nitrogens with zero attached hydrogens (tertiary/aromatic N) is 4. The Morgan fingerprint density at radius 3 is 2.57 bits per heavy atom. The second kappa shape index (κ2) is 7.28. The molecule has 0 fully saturated rings. The lowest BCUT2D eigenvalue weighted by molar-refractivity contribution is 0.475. The minimum atomic E-state index is 0.229. The van der Waals surface area contributed by atoms with E-state index in [1.165, 1.54) is 5.56 Å². The molecule has 0 saturated heterocycles. The maximum atomic E-state index is 9.38. The second-order valence-corrected chi connectivity index (χ2v) is 6.75. The van der Waals surface area contributed by atoms with Gasteiger partial charge in [-0.2, -0.15) is 4.68 Å². The minimum absolute atomic E-state index is 0.229. The molecule has 0 radical (unpaired) electrons. The van der Waals surface area contributed by atoms with Crippen LogP contribution < -0.4 is 0 Å². The molecule has 3 rings (SSSR count). The number of tetrazole rings is 1. The summed E-state index contributed by atoms with van der Waals surface area (Å²) in [6.45, 7) is 2.18. The highest BCUT2D eigenvalue weighted by atomic mass is 32.2. The maximum Gasteiger partial charge on any atom is 0.214 e. The fourth-order valence-corrected chi connectivity index (χ4v) is 3.18. The molecule has 23 heavy (non-hydrogen) atoms. The van der Waals surface area contributed by atoms with Crippen molar-refractivity contribution in [2.75, 3.05) is 0 Å². The number of aryl methyl sites for hydroxylation is 1. The largest absolute Gasteiger partial charge is 0.508 e. The summed E-state index contributed by atoms with van der Waals surface area (Å²) in [5.41, 5.74) is 2.18. The normalized spacial score (nSPS) is 12.2. The third-order valence-corrected chi connectivity index (χ3v) is 4.63. The monoisotopic (exact) mass is 326 g/mol. The molecule has 1 N–H and O–H groups in total. The van der Waals surface area contributed by atoms with Crippen molar-refractivity contribution in [1.82, 2.24) is 20.2 Å². The van der Waals surface area contributed by atoms with Crippen LogP contribution in [0.4, 0.5) is 0 Å². The van der Waals surface area contributed by atoms with E-state index in [-0.39, 0.29) is 5.75 Å². The molecule has 1 heterocycles. The zero-order chi connectivity index (χ0) is 16.1. The average Bonchev–Trinajstić information content (AvgIpc) is 3.03. The first-order valence-corrected chi connectivity index (χ1v) is 8.39. The second-order valence-electron chi connectivity index (χ2n) is 5.34. The van der Waals surface area contributed by atoms with Crippen molar-refractivity contribution in [3.8, 4) is 11.4 Å². The highest BCUT2D eigenvalue weighted by Crippen LogP contribution is 2.26. The maximum absolute atomic E-state index is 9.38. The van der Waals surface area contributed by atoms with Gasteiger partial charge in [-0.05, 0) is 53.1 Å². The van der Waals surface area contributed by atoms with Crippen LogP contribution in [0, 0.1) is 0 Å². The molecule has 0 aliphatic rings. The first-order chi connectivity index (χ1) is 11.2. The number of hydrogen-bond donors (Lipinski definition) is 1. The Labute approximate surface area is 139 Å². The van der Waals surface area contributed by atoms with Crippen LogP contribution >= 0.6 is 11.8 Å². The van der Waals surface area contributed by atoms with Gasteiger partial charge in [0.15, 0.2) is 0 Å². The van der Waals surface area contributed by atoms with Crippen LogP contribution in [-0.4, -0.2) is 30.6 Å². The first kappa shape index (κ1) is 15.6. The number of aromatic nitrogens is 4. The Hall–Kier alpha value is -2.34. The number of benzene rings is 2. The molecule has 2 aromatic carbocycles. The van der Waals surface area contributed by atoms with E-state index in [2.05, 4.69) is 46.7 Å². The van der Waals surface area contributed by atoms with Crippen molar-refractivity contribution in [1.29, 1.82) is 0 Å². The Bertz CT molecular complexity index is 743. The summed E-state index contributed by atoms with van der Waals surface area (Å²) in [6, 6.07) is 17.3. The summed E-state index contributed by atoms with van der Waals surface area (Å²) in [5.74, 6) is 0.229. The summed E-state index contributed by atoms with van der Waals surface area (Å²) in [7, 11) is 0. The van der Waals surface area contributed by atoms with Gasteiger partial charge < -0.3 is 5.11 Å². The molecule has 0 amide bonds. The van der Waals surface area contributed by atoms with Gasteiger partial charge in [-0.1, -0.05) is 49.0 Å². The van der Waals surface area contributed by atoms with E-state index in [9.17, 15) is 5.11 Å². The molecule has 5 nitrogen and oxygen atoms in total. The zero-order valence-electron chi connectivity index (χ0n) is 12.8. The number of hydrogen-bond acceptors (Lipinski definition) is 5. The van der Waals surface area contributed by atoms with Crippen LogP contribution in [0.1, 0.15) is 18.9 Å². The summed E-state index contributed by atoms with van der Waals surface area (Å²) in [4.78, 5) is 0. The first-order valence-electron chi connectivity index (χ1n) is 7.51. The van der Waals surface area contributed by atoms with Crippen LogP contribution in [0.5, 0.6) is 5.75 Å². The lowest BCUT2D eigenvalue weighted by Gasteiger charge is -2.11. The Kier molecular flexibility index (Phi) is 4.92. The number of thioether (sulfide) groups is 1. The van der Waals surface area contributed by atoms with Gasteiger partial charge in [0.25, 0.3) is 0 Å². The van der Waals surface area contributed by atoms with E-state index in [4.69, 9.17) is 0 Å². The van der Waals surface area contributed by atoms with Gasteiger partial charge in [0, 0.05) is 5.25 Å². The van der Waals surface area contributed by atoms with Crippen LogP contribution in [0.2, 0.25) is 0 Å². The molecule has 118 valence electrons. The molecular formula is C17H18N4OS.